The van der Waals surface area contributed by atoms with Gasteiger partial charge in [-0.25, -0.2) is 23.6 Å². The second-order valence-electron chi connectivity index (χ2n) is 17.0. The maximum atomic E-state index is 15.2. The van der Waals surface area contributed by atoms with Crippen LogP contribution in [0.1, 0.15) is 87.2 Å². The zero-order valence-electron chi connectivity index (χ0n) is 32.4. The highest BCUT2D eigenvalue weighted by Gasteiger charge is 2.43. The molecule has 298 valence electrons. The second-order valence-corrected chi connectivity index (χ2v) is 17.8. The van der Waals surface area contributed by atoms with Crippen molar-refractivity contribution in [3.63, 3.8) is 0 Å². The Morgan fingerprint density at radius 3 is 2.21 bits per heavy atom. The molecule has 5 aliphatic heterocycles. The number of piperazine rings is 1. The summed E-state index contributed by atoms with van der Waals surface area (Å²) in [5.41, 5.74) is 4.71. The Labute approximate surface area is 342 Å². The Hall–Kier alpha value is -5.08. The number of rotatable bonds is 6. The number of carbonyl (C=O) groups is 2. The van der Waals surface area contributed by atoms with Crippen LogP contribution in [-0.4, -0.2) is 74.5 Å². The molecule has 2 bridgehead atoms. The summed E-state index contributed by atoms with van der Waals surface area (Å²) >= 11 is 3.59. The molecule has 58 heavy (non-hydrogen) atoms. The maximum absolute atomic E-state index is 15.2. The lowest BCUT2D eigenvalue weighted by Crippen LogP contribution is -2.53. The smallest absolute Gasteiger partial charge is 0.281 e. The van der Waals surface area contributed by atoms with Crippen LogP contribution < -0.4 is 20.3 Å². The molecular weight excluding hydrogens is 806 g/mol. The molecule has 5 aromatic rings. The highest BCUT2D eigenvalue weighted by atomic mass is 79.9. The van der Waals surface area contributed by atoms with E-state index in [0.717, 1.165) is 65.1 Å². The average Bonchev–Trinajstić information content (AvgIpc) is 3.60. The third-order valence-electron chi connectivity index (χ3n) is 13.1. The predicted molar refractivity (Wildman–Crippen MR) is 221 cm³/mol. The summed E-state index contributed by atoms with van der Waals surface area (Å²) < 4.78 is 33.4. The summed E-state index contributed by atoms with van der Waals surface area (Å²) in [5.74, 6) is -1.56. The van der Waals surface area contributed by atoms with E-state index in [1.54, 1.807) is 0 Å². The number of amides is 2. The van der Waals surface area contributed by atoms with Gasteiger partial charge in [0.2, 0.25) is 17.8 Å². The van der Waals surface area contributed by atoms with E-state index in [1.807, 2.05) is 30.6 Å². The summed E-state index contributed by atoms with van der Waals surface area (Å²) in [6.07, 6.45) is 7.99. The largest absolute Gasteiger partial charge is 0.363 e. The Morgan fingerprint density at radius 2 is 1.53 bits per heavy atom. The zero-order valence-corrected chi connectivity index (χ0v) is 34.0. The minimum atomic E-state index is -0.882. The van der Waals surface area contributed by atoms with Gasteiger partial charge in [-0.3, -0.25) is 23.9 Å². The Balaban J connectivity index is 0.793. The van der Waals surface area contributed by atoms with Crippen molar-refractivity contribution in [3.05, 3.63) is 110 Å². The third-order valence-corrected chi connectivity index (χ3v) is 13.7. The first-order chi connectivity index (χ1) is 28.0. The highest BCUT2D eigenvalue weighted by Crippen LogP contribution is 2.46. The standard InChI is InChI=1S/C44H43BrF2N8O3/c1-44(2)31-12-11-28(19-36(31)54-35-6-3-5-32(45)39(35)41(58)50-42(44)54)53-29-9-10-30(53)24-51(23-29)22-25-20-48-43(49-21-25)52-15-13-26(14-16-52)27-17-33(46)40(34(47)18-27)55-37(56)7-4-8-38(55)57/h3,5-6,11-12,17-21,26,29-30H,4,7-10,13-16,22-24H2,1-2H3. The number of anilines is 3. The second kappa shape index (κ2) is 14.0. The molecule has 0 saturated carbocycles. The molecule has 5 aliphatic rings. The number of carbonyl (C=O) groups excluding carboxylic acids is 2. The number of imide groups is 1. The van der Waals surface area contributed by atoms with Crippen LogP contribution in [0.5, 0.6) is 0 Å². The van der Waals surface area contributed by atoms with Crippen molar-refractivity contribution in [1.29, 1.82) is 0 Å². The highest BCUT2D eigenvalue weighted by molar-refractivity contribution is 9.10. The zero-order chi connectivity index (χ0) is 40.0. The van der Waals surface area contributed by atoms with E-state index in [9.17, 15) is 14.4 Å². The van der Waals surface area contributed by atoms with Crippen LogP contribution >= 0.6 is 15.9 Å². The Bertz CT molecular complexity index is 2520. The van der Waals surface area contributed by atoms with Gasteiger partial charge in [-0.2, -0.15) is 4.98 Å². The van der Waals surface area contributed by atoms with Gasteiger partial charge < -0.3 is 9.80 Å². The van der Waals surface area contributed by atoms with Gasteiger partial charge in [0.15, 0.2) is 11.6 Å². The topological polar surface area (TPSA) is 108 Å². The van der Waals surface area contributed by atoms with Gasteiger partial charge in [-0.05, 0) is 115 Å². The molecule has 14 heteroatoms. The van der Waals surface area contributed by atoms with Crippen LogP contribution in [0.4, 0.5) is 26.1 Å². The fourth-order valence-corrected chi connectivity index (χ4v) is 10.8. The summed E-state index contributed by atoms with van der Waals surface area (Å²) in [4.78, 5) is 59.8. The van der Waals surface area contributed by atoms with Crippen molar-refractivity contribution < 1.29 is 18.4 Å². The van der Waals surface area contributed by atoms with Gasteiger partial charge in [-0.1, -0.05) is 12.1 Å². The SMILES string of the molecule is CC1(C)c2ccc(N3C4CCC3CN(Cc3cnc(N5CCC(c6cc(F)c(N7C(=O)CCCC7=O)c(F)c6)CC5)nc3)C4)cc2-n2c1nc(=O)c1c(Br)cccc12. The van der Waals surface area contributed by atoms with Gasteiger partial charge >= 0.3 is 0 Å². The molecule has 2 atom stereocenters. The van der Waals surface area contributed by atoms with Crippen LogP contribution in [-0.2, 0) is 21.5 Å². The first-order valence-corrected chi connectivity index (χ1v) is 21.0. The molecule has 4 saturated heterocycles. The van der Waals surface area contributed by atoms with Crippen LogP contribution in [0.15, 0.2) is 70.2 Å². The first kappa shape index (κ1) is 37.2. The first-order valence-electron chi connectivity index (χ1n) is 20.2. The number of likely N-dealkylation sites (tertiary alicyclic amines) is 1. The summed E-state index contributed by atoms with van der Waals surface area (Å²) in [6, 6.07) is 15.9. The summed E-state index contributed by atoms with van der Waals surface area (Å²) in [6.45, 7) is 8.18. The molecule has 0 aliphatic carbocycles. The fraction of sp³-hybridized carbons (Fsp3) is 0.409. The van der Waals surface area contributed by atoms with Crippen molar-refractivity contribution in [2.45, 2.75) is 88.8 Å². The van der Waals surface area contributed by atoms with Crippen LogP contribution in [0.25, 0.3) is 16.6 Å². The molecule has 2 unspecified atom stereocenters. The van der Waals surface area contributed by atoms with E-state index in [1.165, 1.54) is 17.8 Å². The van der Waals surface area contributed by atoms with Crippen molar-refractivity contribution in [3.8, 4) is 5.69 Å². The van der Waals surface area contributed by atoms with Gasteiger partial charge in [0.1, 0.15) is 11.5 Å². The summed E-state index contributed by atoms with van der Waals surface area (Å²) in [7, 11) is 0. The minimum absolute atomic E-state index is 0.0695. The normalized spacial score (nSPS) is 21.9. The molecule has 0 N–H and O–H groups in total. The molecule has 4 fully saturated rings. The predicted octanol–water partition coefficient (Wildman–Crippen LogP) is 7.14. The lowest BCUT2D eigenvalue weighted by Gasteiger charge is -2.42. The number of piperidine rings is 2. The number of fused-ring (bicyclic) bond motifs is 7. The van der Waals surface area contributed by atoms with Crippen molar-refractivity contribution >= 4 is 56.0 Å². The van der Waals surface area contributed by atoms with Crippen LogP contribution in [0.3, 0.4) is 0 Å². The lowest BCUT2D eigenvalue weighted by atomic mass is 9.85. The van der Waals surface area contributed by atoms with E-state index >= 15 is 8.78 Å². The quantitative estimate of drug-likeness (QED) is 0.165. The van der Waals surface area contributed by atoms with Crippen molar-refractivity contribution in [2.24, 2.45) is 0 Å². The lowest BCUT2D eigenvalue weighted by molar-refractivity contribution is -0.129. The number of aromatic nitrogens is 4. The number of nitrogens with zero attached hydrogens (tertiary/aromatic N) is 8. The molecule has 0 radical (unpaired) electrons. The van der Waals surface area contributed by atoms with Gasteiger partial charge in [0.05, 0.1) is 22.0 Å². The summed E-state index contributed by atoms with van der Waals surface area (Å²) in [5, 5.41) is 0.595. The van der Waals surface area contributed by atoms with E-state index in [-0.39, 0.29) is 24.3 Å². The number of hydrogen-bond acceptors (Lipinski definition) is 9. The van der Waals surface area contributed by atoms with E-state index in [2.05, 4.69) is 72.2 Å². The molecular formula is C44H43BrF2N8O3. The molecule has 10 rings (SSSR count). The fourth-order valence-electron chi connectivity index (χ4n) is 10.2. The van der Waals surface area contributed by atoms with Crippen molar-refractivity contribution in [2.75, 3.05) is 40.9 Å². The minimum Gasteiger partial charge on any atom is -0.363 e. The van der Waals surface area contributed by atoms with E-state index < -0.39 is 34.6 Å². The molecule has 3 aromatic carbocycles. The molecule has 2 amide bonds. The van der Waals surface area contributed by atoms with Gasteiger partial charge in [0.25, 0.3) is 5.56 Å². The molecule has 7 heterocycles. The van der Waals surface area contributed by atoms with E-state index in [4.69, 9.17) is 9.97 Å². The van der Waals surface area contributed by atoms with Crippen LogP contribution in [0, 0.1) is 11.6 Å². The maximum Gasteiger partial charge on any atom is 0.281 e. The van der Waals surface area contributed by atoms with Gasteiger partial charge in [-0.15, -0.1) is 0 Å². The van der Waals surface area contributed by atoms with Gasteiger partial charge in [0, 0.05) is 85.8 Å². The number of benzene rings is 3. The van der Waals surface area contributed by atoms with Crippen molar-refractivity contribution in [1.82, 2.24) is 24.4 Å². The van der Waals surface area contributed by atoms with E-state index in [0.29, 0.717) is 66.2 Å². The number of halogens is 3. The average molecular weight is 850 g/mol. The Kier molecular flexibility index (Phi) is 9.01. The molecule has 2 aromatic heterocycles. The number of hydrogen-bond donors (Lipinski definition) is 0. The molecule has 11 nitrogen and oxygen atoms in total. The monoisotopic (exact) mass is 848 g/mol. The Morgan fingerprint density at radius 1 is 0.862 bits per heavy atom. The molecule has 0 spiro atoms. The van der Waals surface area contributed by atoms with Crippen LogP contribution in [0.2, 0.25) is 0 Å². The third kappa shape index (κ3) is 6.04.